The maximum atomic E-state index is 13.8. The fraction of sp³-hybridized carbons (Fsp3) is 0.238. The van der Waals surface area contributed by atoms with E-state index in [2.05, 4.69) is 15.6 Å². The zero-order chi connectivity index (χ0) is 20.1. The molecule has 0 unspecified atom stereocenters. The molecule has 0 radical (unpaired) electrons. The lowest BCUT2D eigenvalue weighted by Crippen LogP contribution is -2.47. The number of aromatic amines is 1. The predicted octanol–water partition coefficient (Wildman–Crippen LogP) is 2.16. The van der Waals surface area contributed by atoms with E-state index in [1.807, 2.05) is 30.5 Å². The monoisotopic (exact) mass is 383 g/mol. The molecule has 146 valence electrons. The molecule has 0 aliphatic carbocycles. The van der Waals surface area contributed by atoms with Crippen molar-refractivity contribution in [2.24, 2.45) is 0 Å². The number of rotatable bonds is 7. The van der Waals surface area contributed by atoms with Crippen LogP contribution >= 0.6 is 0 Å². The van der Waals surface area contributed by atoms with Crippen LogP contribution in [-0.2, 0) is 29.2 Å². The molecule has 2 aromatic carbocycles. The van der Waals surface area contributed by atoms with Crippen molar-refractivity contribution in [2.45, 2.75) is 32.5 Å². The molecule has 1 aromatic heterocycles. The Hall–Kier alpha value is -3.19. The van der Waals surface area contributed by atoms with Crippen molar-refractivity contribution < 1.29 is 19.1 Å². The van der Waals surface area contributed by atoms with Gasteiger partial charge in [-0.2, -0.15) is 0 Å². The van der Waals surface area contributed by atoms with Crippen LogP contribution in [0.4, 0.5) is 4.39 Å². The van der Waals surface area contributed by atoms with Crippen LogP contribution in [0, 0.1) is 5.82 Å². The van der Waals surface area contributed by atoms with Gasteiger partial charge >= 0.3 is 0 Å². The standard InChI is InChI=1S/C21H22FN3O3/c1-13(27)25-20(9-16-11-23-19-5-3-2-4-17(16)19)21(28)24-10-14-6-7-15(12-26)18(22)8-14/h2-8,11,20,23,26H,9-10,12H2,1H3,(H,24,28)(H,25,27)/t20-/m1/s1. The van der Waals surface area contributed by atoms with Crippen molar-refractivity contribution in [2.75, 3.05) is 0 Å². The number of fused-ring (bicyclic) bond motifs is 1. The smallest absolute Gasteiger partial charge is 0.243 e. The molecule has 3 aromatic rings. The maximum Gasteiger partial charge on any atom is 0.243 e. The molecule has 1 heterocycles. The van der Waals surface area contributed by atoms with Crippen molar-refractivity contribution >= 4 is 22.7 Å². The molecular formula is C21H22FN3O3. The Morgan fingerprint density at radius 3 is 2.68 bits per heavy atom. The van der Waals surface area contributed by atoms with Crippen LogP contribution in [0.5, 0.6) is 0 Å². The second-order valence-corrected chi connectivity index (χ2v) is 6.62. The summed E-state index contributed by atoms with van der Waals surface area (Å²) in [5.41, 5.74) is 2.64. The van der Waals surface area contributed by atoms with Crippen LogP contribution in [0.1, 0.15) is 23.6 Å². The maximum absolute atomic E-state index is 13.8. The Morgan fingerprint density at radius 2 is 1.96 bits per heavy atom. The minimum Gasteiger partial charge on any atom is -0.392 e. The van der Waals surface area contributed by atoms with E-state index in [4.69, 9.17) is 5.11 Å². The molecule has 0 saturated carbocycles. The fourth-order valence-corrected chi connectivity index (χ4v) is 3.12. The van der Waals surface area contributed by atoms with Gasteiger partial charge in [-0.15, -0.1) is 0 Å². The highest BCUT2D eigenvalue weighted by Gasteiger charge is 2.21. The van der Waals surface area contributed by atoms with Crippen LogP contribution in [0.3, 0.4) is 0 Å². The molecule has 0 fully saturated rings. The molecule has 0 saturated heterocycles. The molecule has 0 spiro atoms. The first-order valence-electron chi connectivity index (χ1n) is 8.96. The summed E-state index contributed by atoms with van der Waals surface area (Å²) < 4.78 is 13.8. The highest BCUT2D eigenvalue weighted by atomic mass is 19.1. The van der Waals surface area contributed by atoms with Gasteiger partial charge in [-0.3, -0.25) is 9.59 Å². The van der Waals surface area contributed by atoms with Crippen molar-refractivity contribution in [1.82, 2.24) is 15.6 Å². The van der Waals surface area contributed by atoms with Gasteiger partial charge < -0.3 is 20.7 Å². The van der Waals surface area contributed by atoms with Gasteiger partial charge in [-0.05, 0) is 23.3 Å². The van der Waals surface area contributed by atoms with Gasteiger partial charge in [0.15, 0.2) is 0 Å². The van der Waals surface area contributed by atoms with Gasteiger partial charge in [0.2, 0.25) is 11.8 Å². The number of hydrogen-bond acceptors (Lipinski definition) is 3. The normalized spacial score (nSPS) is 12.0. The molecule has 6 nitrogen and oxygen atoms in total. The zero-order valence-electron chi connectivity index (χ0n) is 15.5. The SMILES string of the molecule is CC(=O)N[C@H](Cc1c[nH]c2ccccc12)C(=O)NCc1ccc(CO)c(F)c1. The lowest BCUT2D eigenvalue weighted by atomic mass is 10.0. The highest BCUT2D eigenvalue weighted by Crippen LogP contribution is 2.19. The van der Waals surface area contributed by atoms with Gasteiger partial charge in [-0.25, -0.2) is 4.39 Å². The van der Waals surface area contributed by atoms with E-state index in [-0.39, 0.29) is 30.5 Å². The Bertz CT molecular complexity index is 999. The number of nitrogens with one attached hydrogen (secondary N) is 3. The van der Waals surface area contributed by atoms with E-state index in [0.717, 1.165) is 16.5 Å². The first kappa shape index (κ1) is 19.6. The van der Waals surface area contributed by atoms with Gasteiger partial charge in [0.05, 0.1) is 6.61 Å². The summed E-state index contributed by atoms with van der Waals surface area (Å²) in [6.07, 6.45) is 2.16. The average molecular weight is 383 g/mol. The van der Waals surface area contributed by atoms with E-state index in [0.29, 0.717) is 12.0 Å². The Balaban J connectivity index is 1.71. The second-order valence-electron chi connectivity index (χ2n) is 6.62. The zero-order valence-corrected chi connectivity index (χ0v) is 15.5. The van der Waals surface area contributed by atoms with Crippen molar-refractivity contribution in [3.8, 4) is 0 Å². The van der Waals surface area contributed by atoms with Gasteiger partial charge in [0, 0.05) is 42.6 Å². The fourth-order valence-electron chi connectivity index (χ4n) is 3.12. The number of halogens is 1. The van der Waals surface area contributed by atoms with Gasteiger partial charge in [-0.1, -0.05) is 30.3 Å². The van der Waals surface area contributed by atoms with Crippen molar-refractivity contribution in [1.29, 1.82) is 0 Å². The summed E-state index contributed by atoms with van der Waals surface area (Å²) in [7, 11) is 0. The largest absolute Gasteiger partial charge is 0.392 e. The lowest BCUT2D eigenvalue weighted by Gasteiger charge is -2.17. The highest BCUT2D eigenvalue weighted by molar-refractivity contribution is 5.89. The number of benzene rings is 2. The third kappa shape index (κ3) is 4.55. The molecule has 2 amide bonds. The first-order chi connectivity index (χ1) is 13.5. The number of carbonyl (C=O) groups excluding carboxylic acids is 2. The molecule has 1 atom stereocenters. The average Bonchev–Trinajstić information content (AvgIpc) is 3.08. The second kappa shape index (κ2) is 8.67. The van der Waals surface area contributed by atoms with Crippen LogP contribution in [-0.4, -0.2) is 27.9 Å². The molecule has 0 aliphatic rings. The molecule has 0 aliphatic heterocycles. The molecule has 7 heteroatoms. The third-order valence-electron chi connectivity index (χ3n) is 4.55. The Labute approximate surface area is 161 Å². The van der Waals surface area contributed by atoms with E-state index in [1.165, 1.54) is 19.1 Å². The Morgan fingerprint density at radius 1 is 1.18 bits per heavy atom. The van der Waals surface area contributed by atoms with Crippen LogP contribution in [0.25, 0.3) is 10.9 Å². The first-order valence-corrected chi connectivity index (χ1v) is 8.96. The quantitative estimate of drug-likeness (QED) is 0.504. The number of aliphatic hydroxyl groups excluding tert-OH is 1. The summed E-state index contributed by atoms with van der Waals surface area (Å²) in [6, 6.07) is 11.4. The van der Waals surface area contributed by atoms with E-state index >= 15 is 0 Å². The van der Waals surface area contributed by atoms with Gasteiger partial charge in [0.1, 0.15) is 11.9 Å². The van der Waals surface area contributed by atoms with Crippen LogP contribution in [0.15, 0.2) is 48.7 Å². The number of para-hydroxylation sites is 1. The number of hydrogen-bond donors (Lipinski definition) is 4. The number of H-pyrrole nitrogens is 1. The molecule has 28 heavy (non-hydrogen) atoms. The van der Waals surface area contributed by atoms with E-state index in [1.54, 1.807) is 6.07 Å². The Kier molecular flexibility index (Phi) is 6.06. The lowest BCUT2D eigenvalue weighted by molar-refractivity contribution is -0.128. The number of carbonyl (C=O) groups is 2. The summed E-state index contributed by atoms with van der Waals surface area (Å²) in [5, 5.41) is 15.4. The topological polar surface area (TPSA) is 94.2 Å². The van der Waals surface area contributed by atoms with E-state index in [9.17, 15) is 14.0 Å². The number of aromatic nitrogens is 1. The summed E-state index contributed by atoms with van der Waals surface area (Å²) in [6.45, 7) is 1.09. The van der Waals surface area contributed by atoms with E-state index < -0.39 is 11.9 Å². The molecule has 3 rings (SSSR count). The number of aliphatic hydroxyl groups is 1. The summed E-state index contributed by atoms with van der Waals surface area (Å²) in [5.74, 6) is -1.18. The molecular weight excluding hydrogens is 361 g/mol. The molecule has 0 bridgehead atoms. The minimum absolute atomic E-state index is 0.116. The van der Waals surface area contributed by atoms with Crippen LogP contribution < -0.4 is 10.6 Å². The summed E-state index contributed by atoms with van der Waals surface area (Å²) in [4.78, 5) is 27.4. The molecule has 4 N–H and O–H groups in total. The summed E-state index contributed by atoms with van der Waals surface area (Å²) >= 11 is 0. The van der Waals surface area contributed by atoms with Crippen molar-refractivity contribution in [3.05, 3.63) is 71.2 Å². The minimum atomic E-state index is -0.752. The van der Waals surface area contributed by atoms with Crippen molar-refractivity contribution in [3.63, 3.8) is 0 Å². The predicted molar refractivity (Wildman–Crippen MR) is 104 cm³/mol. The van der Waals surface area contributed by atoms with Crippen LogP contribution in [0.2, 0.25) is 0 Å². The third-order valence-corrected chi connectivity index (χ3v) is 4.55. The van der Waals surface area contributed by atoms with Gasteiger partial charge in [0.25, 0.3) is 0 Å². The number of amides is 2.